The predicted octanol–water partition coefficient (Wildman–Crippen LogP) is 2.91. The van der Waals surface area contributed by atoms with Gasteiger partial charge in [-0.3, -0.25) is 4.79 Å². The molecule has 0 aromatic heterocycles. The van der Waals surface area contributed by atoms with Gasteiger partial charge in [-0.25, -0.2) is 4.79 Å². The van der Waals surface area contributed by atoms with Crippen molar-refractivity contribution in [2.75, 3.05) is 26.7 Å². The minimum absolute atomic E-state index is 0.121. The summed E-state index contributed by atoms with van der Waals surface area (Å²) in [6, 6.07) is 5.40. The number of benzene rings is 1. The molecule has 6 heteroatoms. The summed E-state index contributed by atoms with van der Waals surface area (Å²) in [7, 11) is 1.59. The Morgan fingerprint density at radius 3 is 2.52 bits per heavy atom. The second kappa shape index (κ2) is 7.89. The molecule has 0 bridgehead atoms. The van der Waals surface area contributed by atoms with Gasteiger partial charge in [-0.2, -0.15) is 0 Å². The molecule has 2 rings (SSSR count). The average molecular weight is 376 g/mol. The van der Waals surface area contributed by atoms with Crippen LogP contribution in [-0.4, -0.2) is 54.2 Å². The lowest BCUT2D eigenvalue weighted by Gasteiger charge is -2.45. The molecule has 0 saturated carbocycles. The second-order valence-corrected chi connectivity index (χ2v) is 8.73. The maximum atomic E-state index is 13.3. The van der Waals surface area contributed by atoms with Crippen molar-refractivity contribution in [1.29, 1.82) is 0 Å². The summed E-state index contributed by atoms with van der Waals surface area (Å²) in [5.41, 5.74) is 0.105. The molecular weight excluding hydrogens is 344 g/mol. The number of aliphatic carboxylic acids is 1. The number of carboxylic acid groups (broad SMARTS) is 1. The van der Waals surface area contributed by atoms with Crippen molar-refractivity contribution in [3.8, 4) is 5.75 Å². The van der Waals surface area contributed by atoms with E-state index in [2.05, 4.69) is 26.1 Å². The first-order valence-corrected chi connectivity index (χ1v) is 9.47. The highest BCUT2D eigenvalue weighted by Crippen LogP contribution is 2.34. The van der Waals surface area contributed by atoms with Crippen LogP contribution in [0, 0.1) is 5.92 Å². The lowest BCUT2D eigenvalue weighted by molar-refractivity contribution is -0.152. The molecule has 1 amide bonds. The van der Waals surface area contributed by atoms with Gasteiger partial charge in [0.2, 0.25) is 0 Å². The van der Waals surface area contributed by atoms with Crippen LogP contribution in [0.4, 0.5) is 0 Å². The van der Waals surface area contributed by atoms with Gasteiger partial charge in [0, 0.05) is 25.2 Å². The highest BCUT2D eigenvalue weighted by Gasteiger charge is 2.48. The fourth-order valence-corrected chi connectivity index (χ4v) is 3.83. The van der Waals surface area contributed by atoms with Gasteiger partial charge >= 0.3 is 5.97 Å². The molecule has 150 valence electrons. The first-order chi connectivity index (χ1) is 12.5. The molecule has 2 N–H and O–H groups in total. The molecule has 1 saturated heterocycles. The van der Waals surface area contributed by atoms with E-state index in [-0.39, 0.29) is 23.8 Å². The molecule has 0 radical (unpaired) electrons. The number of hydrogen-bond acceptors (Lipinski definition) is 4. The second-order valence-electron chi connectivity index (χ2n) is 8.73. The third kappa shape index (κ3) is 4.26. The largest absolute Gasteiger partial charge is 0.496 e. The Hall–Kier alpha value is -2.08. The molecule has 1 unspecified atom stereocenters. The molecule has 6 nitrogen and oxygen atoms in total. The Balaban J connectivity index is 2.46. The Bertz CT molecular complexity index is 709. The zero-order chi connectivity index (χ0) is 20.4. The zero-order valence-electron chi connectivity index (χ0n) is 17.3. The van der Waals surface area contributed by atoms with Crippen molar-refractivity contribution in [1.82, 2.24) is 10.2 Å². The van der Waals surface area contributed by atoms with Crippen LogP contribution < -0.4 is 10.1 Å². The number of hydrogen-bond donors (Lipinski definition) is 2. The first kappa shape index (κ1) is 21.2. The lowest BCUT2D eigenvalue weighted by atomic mass is 9.84. The maximum absolute atomic E-state index is 13.3. The van der Waals surface area contributed by atoms with Gasteiger partial charge in [0.25, 0.3) is 5.91 Å². The summed E-state index contributed by atoms with van der Waals surface area (Å²) in [6.45, 7) is 11.4. The van der Waals surface area contributed by atoms with E-state index < -0.39 is 11.5 Å². The van der Waals surface area contributed by atoms with Crippen molar-refractivity contribution in [3.63, 3.8) is 0 Å². The summed E-state index contributed by atoms with van der Waals surface area (Å²) in [6.07, 6.45) is 0.401. The van der Waals surface area contributed by atoms with Crippen LogP contribution in [0.2, 0.25) is 0 Å². The van der Waals surface area contributed by atoms with Gasteiger partial charge in [-0.05, 0) is 35.4 Å². The number of rotatable bonds is 5. The maximum Gasteiger partial charge on any atom is 0.330 e. The quantitative estimate of drug-likeness (QED) is 0.826. The third-order valence-electron chi connectivity index (χ3n) is 5.09. The molecule has 27 heavy (non-hydrogen) atoms. The Morgan fingerprint density at radius 2 is 2.00 bits per heavy atom. The van der Waals surface area contributed by atoms with Gasteiger partial charge in [-0.15, -0.1) is 0 Å². The van der Waals surface area contributed by atoms with Gasteiger partial charge < -0.3 is 20.1 Å². The first-order valence-electron chi connectivity index (χ1n) is 9.47. The summed E-state index contributed by atoms with van der Waals surface area (Å²) in [5.74, 6) is -0.435. The van der Waals surface area contributed by atoms with E-state index in [1.807, 2.05) is 19.9 Å². The fraction of sp³-hybridized carbons (Fsp3) is 0.619. The van der Waals surface area contributed by atoms with Crippen LogP contribution in [0.15, 0.2) is 18.2 Å². The van der Waals surface area contributed by atoms with Crippen LogP contribution in [0.25, 0.3) is 0 Å². The minimum Gasteiger partial charge on any atom is -0.496 e. The topological polar surface area (TPSA) is 78.9 Å². The van der Waals surface area contributed by atoms with E-state index in [4.69, 9.17) is 4.74 Å². The fourth-order valence-electron chi connectivity index (χ4n) is 3.83. The molecular formula is C21H32N2O4. The number of methoxy groups -OCH3 is 1. The van der Waals surface area contributed by atoms with Gasteiger partial charge in [0.15, 0.2) is 5.54 Å². The van der Waals surface area contributed by atoms with E-state index in [1.54, 1.807) is 19.2 Å². The van der Waals surface area contributed by atoms with E-state index in [0.29, 0.717) is 30.8 Å². The Kier molecular flexibility index (Phi) is 6.20. The SMILES string of the molecule is COc1cc(C(=O)N2CCNCC2(CC(C)C)C(=O)O)ccc1C(C)(C)C. The van der Waals surface area contributed by atoms with Crippen molar-refractivity contribution >= 4 is 11.9 Å². The lowest BCUT2D eigenvalue weighted by Crippen LogP contribution is -2.67. The van der Waals surface area contributed by atoms with E-state index in [1.165, 1.54) is 4.90 Å². The standard InChI is InChI=1S/C21H32N2O4/c1-14(2)12-21(19(25)26)13-22-9-10-23(21)18(24)15-7-8-16(20(3,4)5)17(11-15)27-6/h7-8,11,14,22H,9-10,12-13H2,1-6H3,(H,25,26). The van der Waals surface area contributed by atoms with Gasteiger partial charge in [0.1, 0.15) is 5.75 Å². The number of piperazine rings is 1. The van der Waals surface area contributed by atoms with E-state index in [0.717, 1.165) is 5.56 Å². The van der Waals surface area contributed by atoms with Gasteiger partial charge in [0.05, 0.1) is 7.11 Å². The number of amides is 1. The van der Waals surface area contributed by atoms with Crippen molar-refractivity contribution < 1.29 is 19.4 Å². The normalized spacial score (nSPS) is 20.6. The number of nitrogens with zero attached hydrogens (tertiary/aromatic N) is 1. The smallest absolute Gasteiger partial charge is 0.330 e. The van der Waals surface area contributed by atoms with E-state index >= 15 is 0 Å². The van der Waals surface area contributed by atoms with Crippen molar-refractivity contribution in [2.45, 2.75) is 52.0 Å². The van der Waals surface area contributed by atoms with Crippen LogP contribution in [0.3, 0.4) is 0 Å². The monoisotopic (exact) mass is 376 g/mol. The van der Waals surface area contributed by atoms with Crippen molar-refractivity contribution in [3.05, 3.63) is 29.3 Å². The highest BCUT2D eigenvalue weighted by molar-refractivity contribution is 5.98. The highest BCUT2D eigenvalue weighted by atomic mass is 16.5. The molecule has 1 heterocycles. The van der Waals surface area contributed by atoms with E-state index in [9.17, 15) is 14.7 Å². The molecule has 1 aromatic rings. The number of carboxylic acids is 1. The number of ether oxygens (including phenoxy) is 1. The molecule has 1 aromatic carbocycles. The van der Waals surface area contributed by atoms with Crippen LogP contribution >= 0.6 is 0 Å². The Labute approximate surface area is 161 Å². The van der Waals surface area contributed by atoms with Gasteiger partial charge in [-0.1, -0.05) is 40.7 Å². The number of carbonyl (C=O) groups excluding carboxylic acids is 1. The summed E-state index contributed by atoms with van der Waals surface area (Å²) >= 11 is 0. The molecule has 1 fully saturated rings. The number of carbonyl (C=O) groups is 2. The molecule has 0 aliphatic carbocycles. The van der Waals surface area contributed by atoms with Crippen molar-refractivity contribution in [2.24, 2.45) is 5.92 Å². The molecule has 1 atom stereocenters. The minimum atomic E-state index is -1.24. The summed E-state index contributed by atoms with van der Waals surface area (Å²) < 4.78 is 5.51. The van der Waals surface area contributed by atoms with Crippen LogP contribution in [-0.2, 0) is 10.2 Å². The Morgan fingerprint density at radius 1 is 1.33 bits per heavy atom. The van der Waals surface area contributed by atoms with Crippen LogP contribution in [0.1, 0.15) is 57.0 Å². The predicted molar refractivity (Wildman–Crippen MR) is 105 cm³/mol. The average Bonchev–Trinajstić information content (AvgIpc) is 2.59. The van der Waals surface area contributed by atoms with Crippen LogP contribution in [0.5, 0.6) is 5.75 Å². The summed E-state index contributed by atoms with van der Waals surface area (Å²) in [4.78, 5) is 27.0. The molecule has 1 aliphatic heterocycles. The number of nitrogens with one attached hydrogen (secondary N) is 1. The third-order valence-corrected chi connectivity index (χ3v) is 5.09. The molecule has 1 aliphatic rings. The summed E-state index contributed by atoms with van der Waals surface area (Å²) in [5, 5.41) is 13.1. The molecule has 0 spiro atoms. The zero-order valence-corrected chi connectivity index (χ0v) is 17.3.